The van der Waals surface area contributed by atoms with Gasteiger partial charge in [0, 0.05) is 22.5 Å². The second kappa shape index (κ2) is 4.16. The lowest BCUT2D eigenvalue weighted by atomic mass is 10.2. The molecule has 0 spiro atoms. The first-order chi connectivity index (χ1) is 7.29. The summed E-state index contributed by atoms with van der Waals surface area (Å²) < 4.78 is 0. The molecule has 0 fully saturated rings. The van der Waals surface area contributed by atoms with Crippen LogP contribution in [0.3, 0.4) is 0 Å². The molecular formula is C11H8ClN3. The number of aromatic nitrogens is 2. The molecule has 74 valence electrons. The van der Waals surface area contributed by atoms with Crippen molar-refractivity contribution in [1.29, 1.82) is 5.26 Å². The number of H-pyrrole nitrogens is 1. The number of nitrogens with zero attached hydrogens (tertiary/aromatic N) is 2. The monoisotopic (exact) mass is 217 g/mol. The summed E-state index contributed by atoms with van der Waals surface area (Å²) >= 11 is 5.78. The quantitative estimate of drug-likeness (QED) is 0.841. The molecule has 1 heterocycles. The van der Waals surface area contributed by atoms with Crippen LogP contribution in [0.15, 0.2) is 30.5 Å². The van der Waals surface area contributed by atoms with Crippen LogP contribution in [-0.2, 0) is 6.42 Å². The van der Waals surface area contributed by atoms with Crippen molar-refractivity contribution >= 4 is 11.6 Å². The van der Waals surface area contributed by atoms with Crippen molar-refractivity contribution in [3.8, 4) is 17.5 Å². The molecule has 0 unspecified atom stereocenters. The Kier molecular flexibility index (Phi) is 2.70. The molecule has 0 aliphatic heterocycles. The van der Waals surface area contributed by atoms with E-state index in [0.29, 0.717) is 11.4 Å². The highest BCUT2D eigenvalue weighted by Gasteiger charge is 2.02. The second-order valence-electron chi connectivity index (χ2n) is 3.10. The Morgan fingerprint density at radius 2 is 2.07 bits per heavy atom. The summed E-state index contributed by atoms with van der Waals surface area (Å²) in [6, 6.07) is 9.46. The molecule has 0 aliphatic carbocycles. The summed E-state index contributed by atoms with van der Waals surface area (Å²) in [5.41, 5.74) is 1.78. The van der Waals surface area contributed by atoms with Crippen molar-refractivity contribution in [2.45, 2.75) is 6.42 Å². The number of hydrogen-bond donors (Lipinski definition) is 1. The fourth-order valence-electron chi connectivity index (χ4n) is 1.29. The Labute approximate surface area is 92.3 Å². The molecule has 0 atom stereocenters. The molecular weight excluding hydrogens is 210 g/mol. The maximum absolute atomic E-state index is 8.52. The molecule has 0 bridgehead atoms. The van der Waals surface area contributed by atoms with E-state index in [1.807, 2.05) is 24.3 Å². The molecule has 0 aliphatic rings. The van der Waals surface area contributed by atoms with E-state index in [0.717, 1.165) is 17.1 Å². The number of benzene rings is 1. The third-order valence-corrected chi connectivity index (χ3v) is 2.27. The predicted octanol–water partition coefficient (Wildman–Crippen LogP) is 2.80. The van der Waals surface area contributed by atoms with Crippen molar-refractivity contribution < 1.29 is 0 Å². The molecule has 0 radical (unpaired) electrons. The highest BCUT2D eigenvalue weighted by atomic mass is 35.5. The fourth-order valence-corrected chi connectivity index (χ4v) is 1.41. The fraction of sp³-hybridized carbons (Fsp3) is 0.0909. The van der Waals surface area contributed by atoms with Crippen LogP contribution >= 0.6 is 11.6 Å². The number of rotatable bonds is 2. The van der Waals surface area contributed by atoms with Crippen molar-refractivity contribution in [2.24, 2.45) is 0 Å². The third-order valence-electron chi connectivity index (χ3n) is 2.02. The van der Waals surface area contributed by atoms with Gasteiger partial charge in [0.15, 0.2) is 0 Å². The van der Waals surface area contributed by atoms with Gasteiger partial charge in [0.25, 0.3) is 0 Å². The van der Waals surface area contributed by atoms with Gasteiger partial charge in [0.1, 0.15) is 5.82 Å². The summed E-state index contributed by atoms with van der Waals surface area (Å²) in [4.78, 5) is 7.26. The standard InChI is InChI=1S/C11H8ClN3/c12-9-3-1-8(2-4-9)11-14-7-10(15-11)5-6-13/h1-4,7H,5H2,(H,14,15). The van der Waals surface area contributed by atoms with E-state index in [2.05, 4.69) is 16.0 Å². The number of imidazole rings is 1. The summed E-state index contributed by atoms with van der Waals surface area (Å²) in [6.07, 6.45) is 2.02. The van der Waals surface area contributed by atoms with Crippen molar-refractivity contribution in [2.75, 3.05) is 0 Å². The van der Waals surface area contributed by atoms with E-state index in [4.69, 9.17) is 16.9 Å². The van der Waals surface area contributed by atoms with Crippen LogP contribution in [0.4, 0.5) is 0 Å². The van der Waals surface area contributed by atoms with Crippen molar-refractivity contribution in [1.82, 2.24) is 9.97 Å². The number of hydrogen-bond acceptors (Lipinski definition) is 2. The molecule has 2 rings (SSSR count). The van der Waals surface area contributed by atoms with Gasteiger partial charge in [-0.05, 0) is 24.3 Å². The minimum Gasteiger partial charge on any atom is -0.341 e. The third kappa shape index (κ3) is 2.17. The largest absolute Gasteiger partial charge is 0.341 e. The average Bonchev–Trinajstić information content (AvgIpc) is 2.68. The molecule has 1 aromatic heterocycles. The maximum atomic E-state index is 8.52. The van der Waals surface area contributed by atoms with Crippen molar-refractivity contribution in [3.05, 3.63) is 41.2 Å². The van der Waals surface area contributed by atoms with E-state index < -0.39 is 0 Å². The maximum Gasteiger partial charge on any atom is 0.137 e. The van der Waals surface area contributed by atoms with E-state index in [1.165, 1.54) is 0 Å². The molecule has 0 saturated heterocycles. The number of nitrogens with one attached hydrogen (secondary N) is 1. The van der Waals surface area contributed by atoms with Gasteiger partial charge in [-0.3, -0.25) is 0 Å². The van der Waals surface area contributed by atoms with Gasteiger partial charge in [0.05, 0.1) is 12.5 Å². The zero-order valence-corrected chi connectivity index (χ0v) is 8.62. The summed E-state index contributed by atoms with van der Waals surface area (Å²) in [5, 5.41) is 9.22. The van der Waals surface area contributed by atoms with E-state index in [9.17, 15) is 0 Å². The first kappa shape index (κ1) is 9.75. The zero-order chi connectivity index (χ0) is 10.7. The Morgan fingerprint density at radius 1 is 1.33 bits per heavy atom. The second-order valence-corrected chi connectivity index (χ2v) is 3.54. The Morgan fingerprint density at radius 3 is 2.73 bits per heavy atom. The van der Waals surface area contributed by atoms with Gasteiger partial charge in [0.2, 0.25) is 0 Å². The zero-order valence-electron chi connectivity index (χ0n) is 7.87. The lowest BCUT2D eigenvalue weighted by Gasteiger charge is -1.96. The predicted molar refractivity (Wildman–Crippen MR) is 58.4 cm³/mol. The minimum absolute atomic E-state index is 0.348. The topological polar surface area (TPSA) is 52.5 Å². The van der Waals surface area contributed by atoms with Gasteiger partial charge in [-0.1, -0.05) is 11.6 Å². The molecule has 0 saturated carbocycles. The molecule has 4 heteroatoms. The minimum atomic E-state index is 0.348. The summed E-state index contributed by atoms with van der Waals surface area (Å²) in [7, 11) is 0. The van der Waals surface area contributed by atoms with Gasteiger partial charge >= 0.3 is 0 Å². The Balaban J connectivity index is 2.30. The molecule has 0 amide bonds. The van der Waals surface area contributed by atoms with Crippen LogP contribution in [0.25, 0.3) is 11.4 Å². The van der Waals surface area contributed by atoms with Gasteiger partial charge in [-0.2, -0.15) is 5.26 Å². The SMILES string of the molecule is N#CCc1cnc(-c2ccc(Cl)cc2)[nH]1. The van der Waals surface area contributed by atoms with Crippen LogP contribution in [0.1, 0.15) is 5.69 Å². The lowest BCUT2D eigenvalue weighted by Crippen LogP contribution is -1.82. The van der Waals surface area contributed by atoms with Gasteiger partial charge < -0.3 is 4.98 Å². The molecule has 1 aromatic carbocycles. The number of halogens is 1. The number of nitriles is 1. The van der Waals surface area contributed by atoms with E-state index >= 15 is 0 Å². The first-order valence-corrected chi connectivity index (χ1v) is 4.84. The highest BCUT2D eigenvalue weighted by Crippen LogP contribution is 2.18. The van der Waals surface area contributed by atoms with Crippen LogP contribution in [0, 0.1) is 11.3 Å². The average molecular weight is 218 g/mol. The normalized spacial score (nSPS) is 9.87. The van der Waals surface area contributed by atoms with E-state index in [1.54, 1.807) is 6.20 Å². The van der Waals surface area contributed by atoms with Crippen LogP contribution in [0.5, 0.6) is 0 Å². The van der Waals surface area contributed by atoms with E-state index in [-0.39, 0.29) is 0 Å². The molecule has 2 aromatic rings. The molecule has 3 nitrogen and oxygen atoms in total. The molecule has 15 heavy (non-hydrogen) atoms. The van der Waals surface area contributed by atoms with Crippen molar-refractivity contribution in [3.63, 3.8) is 0 Å². The number of aromatic amines is 1. The van der Waals surface area contributed by atoms with Gasteiger partial charge in [-0.15, -0.1) is 0 Å². The molecule has 1 N–H and O–H groups in total. The summed E-state index contributed by atoms with van der Waals surface area (Å²) in [6.45, 7) is 0. The summed E-state index contributed by atoms with van der Waals surface area (Å²) in [5.74, 6) is 0.761. The van der Waals surface area contributed by atoms with Gasteiger partial charge in [-0.25, -0.2) is 4.98 Å². The smallest absolute Gasteiger partial charge is 0.137 e. The van der Waals surface area contributed by atoms with Crippen LogP contribution < -0.4 is 0 Å². The highest BCUT2D eigenvalue weighted by molar-refractivity contribution is 6.30. The van der Waals surface area contributed by atoms with Crippen LogP contribution in [0.2, 0.25) is 5.02 Å². The Hall–Kier alpha value is -1.79. The first-order valence-electron chi connectivity index (χ1n) is 4.46. The lowest BCUT2D eigenvalue weighted by molar-refractivity contribution is 1.16. The Bertz CT molecular complexity index is 493. The van der Waals surface area contributed by atoms with Crippen LogP contribution in [-0.4, -0.2) is 9.97 Å².